The zero-order chi connectivity index (χ0) is 13.0. The Hall–Kier alpha value is -0.570. The zero-order valence-corrected chi connectivity index (χ0v) is 13.2. The maximum absolute atomic E-state index is 3.47. The van der Waals surface area contributed by atoms with Gasteiger partial charge >= 0.3 is 0 Å². The van der Waals surface area contributed by atoms with Crippen LogP contribution in [0, 0.1) is 5.41 Å². The summed E-state index contributed by atoms with van der Waals surface area (Å²) in [5, 5.41) is 3.47. The molecule has 1 aliphatic heterocycles. The van der Waals surface area contributed by atoms with Gasteiger partial charge in [-0.15, -0.1) is 12.4 Å². The molecule has 1 unspecified atom stereocenters. The Morgan fingerprint density at radius 1 is 1.21 bits per heavy atom. The molecular formula is C16H27ClN2. The van der Waals surface area contributed by atoms with E-state index in [9.17, 15) is 0 Å². The number of halogens is 1. The molecule has 1 heterocycles. The van der Waals surface area contributed by atoms with E-state index in [-0.39, 0.29) is 12.4 Å². The van der Waals surface area contributed by atoms with Crippen LogP contribution in [0.25, 0.3) is 0 Å². The minimum absolute atomic E-state index is 0. The molecule has 2 nitrogen and oxygen atoms in total. The normalized spacial score (nSPS) is 22.5. The number of nitrogens with zero attached hydrogens (tertiary/aromatic N) is 1. The summed E-state index contributed by atoms with van der Waals surface area (Å²) in [6.07, 6.45) is 2.42. The molecule has 19 heavy (non-hydrogen) atoms. The number of benzene rings is 1. The smallest absolute Gasteiger partial charge is 0.0230 e. The highest BCUT2D eigenvalue weighted by molar-refractivity contribution is 5.85. The van der Waals surface area contributed by atoms with Crippen molar-refractivity contribution in [1.29, 1.82) is 0 Å². The number of aryl methyl sites for hydroxylation is 1. The van der Waals surface area contributed by atoms with E-state index in [1.807, 2.05) is 0 Å². The molecule has 0 amide bonds. The minimum atomic E-state index is 0. The summed E-state index contributed by atoms with van der Waals surface area (Å²) < 4.78 is 0. The molecule has 1 aliphatic rings. The number of rotatable bonds is 5. The molecule has 108 valence electrons. The Morgan fingerprint density at radius 2 is 1.84 bits per heavy atom. The predicted molar refractivity (Wildman–Crippen MR) is 85.0 cm³/mol. The average Bonchev–Trinajstić information content (AvgIpc) is 2.76. The van der Waals surface area contributed by atoms with Gasteiger partial charge in [0.15, 0.2) is 0 Å². The van der Waals surface area contributed by atoms with E-state index in [2.05, 4.69) is 55.4 Å². The second-order valence-electron chi connectivity index (χ2n) is 6.08. The van der Waals surface area contributed by atoms with Gasteiger partial charge in [-0.3, -0.25) is 0 Å². The molecule has 1 aromatic rings. The van der Waals surface area contributed by atoms with Crippen molar-refractivity contribution in [2.24, 2.45) is 5.41 Å². The molecule has 1 aromatic carbocycles. The van der Waals surface area contributed by atoms with Crippen LogP contribution < -0.4 is 5.32 Å². The standard InChI is InChI=1S/C16H26N2.ClH/c1-4-14-5-7-15(8-6-14)11-18(3)13-16(2)9-10-17-12-16;/h5-8,17H,4,9-13H2,1-3H3;1H. The van der Waals surface area contributed by atoms with E-state index in [1.54, 1.807) is 0 Å². The molecule has 0 aliphatic carbocycles. The highest BCUT2D eigenvalue weighted by Crippen LogP contribution is 2.25. The monoisotopic (exact) mass is 282 g/mol. The first-order valence-corrected chi connectivity index (χ1v) is 7.08. The summed E-state index contributed by atoms with van der Waals surface area (Å²) in [5.41, 5.74) is 3.30. The van der Waals surface area contributed by atoms with Crippen molar-refractivity contribution in [3.05, 3.63) is 35.4 Å². The van der Waals surface area contributed by atoms with Crippen molar-refractivity contribution < 1.29 is 0 Å². The third-order valence-electron chi connectivity index (χ3n) is 3.99. The fourth-order valence-corrected chi connectivity index (χ4v) is 2.90. The highest BCUT2D eigenvalue weighted by Gasteiger charge is 2.29. The maximum Gasteiger partial charge on any atom is 0.0230 e. The van der Waals surface area contributed by atoms with Crippen LogP contribution in [-0.4, -0.2) is 31.6 Å². The van der Waals surface area contributed by atoms with Gasteiger partial charge in [0, 0.05) is 19.6 Å². The summed E-state index contributed by atoms with van der Waals surface area (Å²) in [4.78, 5) is 2.45. The van der Waals surface area contributed by atoms with Crippen molar-refractivity contribution in [3.8, 4) is 0 Å². The molecule has 2 rings (SSSR count). The van der Waals surface area contributed by atoms with E-state index < -0.39 is 0 Å². The predicted octanol–water partition coefficient (Wildman–Crippen LogP) is 3.10. The van der Waals surface area contributed by atoms with Gasteiger partial charge in [0.1, 0.15) is 0 Å². The Kier molecular flexibility index (Phi) is 6.31. The molecule has 0 aromatic heterocycles. The molecule has 0 radical (unpaired) electrons. The van der Waals surface area contributed by atoms with E-state index in [0.29, 0.717) is 5.41 Å². The van der Waals surface area contributed by atoms with Crippen molar-refractivity contribution >= 4 is 12.4 Å². The number of nitrogens with one attached hydrogen (secondary N) is 1. The molecule has 1 N–H and O–H groups in total. The van der Waals surface area contributed by atoms with Crippen LogP contribution in [0.4, 0.5) is 0 Å². The lowest BCUT2D eigenvalue weighted by atomic mass is 9.89. The fourth-order valence-electron chi connectivity index (χ4n) is 2.90. The molecule has 0 spiro atoms. The van der Waals surface area contributed by atoms with Gasteiger partial charge < -0.3 is 10.2 Å². The Labute approximate surface area is 124 Å². The fraction of sp³-hybridized carbons (Fsp3) is 0.625. The van der Waals surface area contributed by atoms with Crippen LogP contribution in [0.5, 0.6) is 0 Å². The Morgan fingerprint density at radius 3 is 2.37 bits per heavy atom. The lowest BCUT2D eigenvalue weighted by Crippen LogP contribution is -2.34. The summed E-state index contributed by atoms with van der Waals surface area (Å²) in [6, 6.07) is 9.04. The molecule has 3 heteroatoms. The van der Waals surface area contributed by atoms with Gasteiger partial charge in [0.05, 0.1) is 0 Å². The molecule has 1 saturated heterocycles. The number of hydrogen-bond donors (Lipinski definition) is 1. The van der Waals surface area contributed by atoms with Gasteiger partial charge in [0.25, 0.3) is 0 Å². The minimum Gasteiger partial charge on any atom is -0.316 e. The quantitative estimate of drug-likeness (QED) is 0.893. The zero-order valence-electron chi connectivity index (χ0n) is 12.4. The van der Waals surface area contributed by atoms with Crippen LogP contribution in [-0.2, 0) is 13.0 Å². The SMILES string of the molecule is CCc1ccc(CN(C)CC2(C)CCNC2)cc1.Cl. The lowest BCUT2D eigenvalue weighted by Gasteiger charge is -2.29. The van der Waals surface area contributed by atoms with Gasteiger partial charge in [0.2, 0.25) is 0 Å². The summed E-state index contributed by atoms with van der Waals surface area (Å²) >= 11 is 0. The van der Waals surface area contributed by atoms with Crippen LogP contribution >= 0.6 is 12.4 Å². The van der Waals surface area contributed by atoms with Crippen LogP contribution in [0.1, 0.15) is 31.4 Å². The topological polar surface area (TPSA) is 15.3 Å². The third-order valence-corrected chi connectivity index (χ3v) is 3.99. The lowest BCUT2D eigenvalue weighted by molar-refractivity contribution is 0.203. The second-order valence-corrected chi connectivity index (χ2v) is 6.08. The Bertz CT molecular complexity index is 369. The van der Waals surface area contributed by atoms with Gasteiger partial charge in [-0.05, 0) is 43.0 Å². The number of hydrogen-bond acceptors (Lipinski definition) is 2. The highest BCUT2D eigenvalue weighted by atomic mass is 35.5. The van der Waals surface area contributed by atoms with E-state index >= 15 is 0 Å². The van der Waals surface area contributed by atoms with Crippen molar-refractivity contribution in [1.82, 2.24) is 10.2 Å². The van der Waals surface area contributed by atoms with Crippen LogP contribution in [0.3, 0.4) is 0 Å². The molecular weight excluding hydrogens is 256 g/mol. The first-order chi connectivity index (χ1) is 8.61. The van der Waals surface area contributed by atoms with Crippen molar-refractivity contribution in [2.75, 3.05) is 26.7 Å². The molecule has 1 fully saturated rings. The molecule has 1 atom stereocenters. The van der Waals surface area contributed by atoms with Crippen LogP contribution in [0.15, 0.2) is 24.3 Å². The van der Waals surface area contributed by atoms with E-state index in [0.717, 1.165) is 19.5 Å². The van der Waals surface area contributed by atoms with Crippen LogP contribution in [0.2, 0.25) is 0 Å². The van der Waals surface area contributed by atoms with Crippen molar-refractivity contribution in [3.63, 3.8) is 0 Å². The van der Waals surface area contributed by atoms with Gasteiger partial charge in [-0.2, -0.15) is 0 Å². The van der Waals surface area contributed by atoms with Gasteiger partial charge in [-0.1, -0.05) is 38.1 Å². The second kappa shape index (κ2) is 7.28. The summed E-state index contributed by atoms with van der Waals surface area (Å²) in [7, 11) is 2.23. The largest absolute Gasteiger partial charge is 0.316 e. The summed E-state index contributed by atoms with van der Waals surface area (Å²) in [5.74, 6) is 0. The molecule has 0 bridgehead atoms. The van der Waals surface area contributed by atoms with Crippen molar-refractivity contribution in [2.45, 2.75) is 33.2 Å². The first kappa shape index (κ1) is 16.5. The molecule has 0 saturated carbocycles. The summed E-state index contributed by atoms with van der Waals surface area (Å²) in [6.45, 7) is 9.16. The van der Waals surface area contributed by atoms with Gasteiger partial charge in [-0.25, -0.2) is 0 Å². The average molecular weight is 283 g/mol. The van der Waals surface area contributed by atoms with E-state index in [1.165, 1.54) is 30.6 Å². The maximum atomic E-state index is 3.47. The first-order valence-electron chi connectivity index (χ1n) is 7.08. The third kappa shape index (κ3) is 4.79. The van der Waals surface area contributed by atoms with E-state index in [4.69, 9.17) is 0 Å². The Balaban J connectivity index is 0.00000180.